The zero-order chi connectivity index (χ0) is 15.7. The number of amides is 3. The maximum atomic E-state index is 11.7. The molecule has 21 heavy (non-hydrogen) atoms. The van der Waals surface area contributed by atoms with Crippen LogP contribution >= 0.6 is 0 Å². The predicted molar refractivity (Wildman–Crippen MR) is 76.7 cm³/mol. The molecule has 1 aromatic carbocycles. The Labute approximate surface area is 122 Å². The number of hydrogen-bond acceptors (Lipinski definition) is 3. The Morgan fingerprint density at radius 2 is 1.71 bits per heavy atom. The number of nitrogens with one attached hydrogen (secondary N) is 3. The van der Waals surface area contributed by atoms with Crippen LogP contribution in [0.1, 0.15) is 24.9 Å². The standard InChI is InChI=1S/C14H19N3O4/c1-10(18)15-7-8-16-14(21)17-12(9-13(19)20)11-5-3-2-4-6-11/h2-6,12H,7-9H2,1H3,(H,15,18)(H,19,20)(H2,16,17,21). The highest BCUT2D eigenvalue weighted by molar-refractivity contribution is 5.76. The van der Waals surface area contributed by atoms with Crippen LogP contribution in [0.2, 0.25) is 0 Å². The molecule has 0 aliphatic heterocycles. The number of rotatable bonds is 7. The summed E-state index contributed by atoms with van der Waals surface area (Å²) in [5, 5.41) is 16.6. The van der Waals surface area contributed by atoms with Crippen molar-refractivity contribution in [3.63, 3.8) is 0 Å². The van der Waals surface area contributed by atoms with E-state index in [0.717, 1.165) is 5.56 Å². The highest BCUT2D eigenvalue weighted by Gasteiger charge is 2.17. The van der Waals surface area contributed by atoms with Gasteiger partial charge in [-0.15, -0.1) is 0 Å². The van der Waals surface area contributed by atoms with Crippen molar-refractivity contribution in [1.82, 2.24) is 16.0 Å². The average molecular weight is 293 g/mol. The second kappa shape index (κ2) is 8.57. The largest absolute Gasteiger partial charge is 0.481 e. The smallest absolute Gasteiger partial charge is 0.315 e. The molecule has 0 saturated heterocycles. The lowest BCUT2D eigenvalue weighted by Gasteiger charge is -2.18. The molecular weight excluding hydrogens is 274 g/mol. The molecule has 0 aliphatic rings. The van der Waals surface area contributed by atoms with Crippen LogP contribution in [-0.4, -0.2) is 36.1 Å². The highest BCUT2D eigenvalue weighted by atomic mass is 16.4. The topological polar surface area (TPSA) is 108 Å². The molecule has 0 fully saturated rings. The molecule has 1 rings (SSSR count). The average Bonchev–Trinajstić information content (AvgIpc) is 2.43. The van der Waals surface area contributed by atoms with Gasteiger partial charge in [0.05, 0.1) is 12.5 Å². The number of carboxylic acids is 1. The van der Waals surface area contributed by atoms with E-state index >= 15 is 0 Å². The first kappa shape index (κ1) is 16.5. The number of carboxylic acid groups (broad SMARTS) is 1. The van der Waals surface area contributed by atoms with Crippen LogP contribution in [0, 0.1) is 0 Å². The summed E-state index contributed by atoms with van der Waals surface area (Å²) in [6.07, 6.45) is -0.205. The lowest BCUT2D eigenvalue weighted by molar-refractivity contribution is -0.137. The van der Waals surface area contributed by atoms with Crippen LogP contribution in [0.25, 0.3) is 0 Å². The van der Waals surface area contributed by atoms with Crippen molar-refractivity contribution in [2.45, 2.75) is 19.4 Å². The van der Waals surface area contributed by atoms with Gasteiger partial charge in [0.2, 0.25) is 5.91 Å². The zero-order valence-electron chi connectivity index (χ0n) is 11.8. The van der Waals surface area contributed by atoms with Gasteiger partial charge < -0.3 is 21.1 Å². The van der Waals surface area contributed by atoms with Gasteiger partial charge in [0, 0.05) is 20.0 Å². The van der Waals surface area contributed by atoms with E-state index in [9.17, 15) is 14.4 Å². The molecule has 0 saturated carbocycles. The van der Waals surface area contributed by atoms with E-state index < -0.39 is 18.0 Å². The summed E-state index contributed by atoms with van der Waals surface area (Å²) >= 11 is 0. The van der Waals surface area contributed by atoms with Gasteiger partial charge in [0.25, 0.3) is 0 Å². The molecule has 0 aliphatic carbocycles. The van der Waals surface area contributed by atoms with Gasteiger partial charge >= 0.3 is 12.0 Å². The molecule has 7 nitrogen and oxygen atoms in total. The normalized spacial score (nSPS) is 11.3. The van der Waals surface area contributed by atoms with Crippen molar-refractivity contribution in [2.24, 2.45) is 0 Å². The van der Waals surface area contributed by atoms with Gasteiger partial charge in [0.1, 0.15) is 0 Å². The Morgan fingerprint density at radius 1 is 1.10 bits per heavy atom. The Hall–Kier alpha value is -2.57. The first-order valence-corrected chi connectivity index (χ1v) is 6.54. The van der Waals surface area contributed by atoms with Gasteiger partial charge in [-0.2, -0.15) is 0 Å². The molecule has 0 radical (unpaired) electrons. The Kier molecular flexibility index (Phi) is 6.73. The van der Waals surface area contributed by atoms with E-state index in [1.807, 2.05) is 6.07 Å². The third-order valence-electron chi connectivity index (χ3n) is 2.67. The molecule has 114 valence electrons. The fraction of sp³-hybridized carbons (Fsp3) is 0.357. The summed E-state index contributed by atoms with van der Waals surface area (Å²) in [7, 11) is 0. The van der Waals surface area contributed by atoms with E-state index in [1.54, 1.807) is 24.3 Å². The lowest BCUT2D eigenvalue weighted by Crippen LogP contribution is -2.41. The molecule has 0 heterocycles. The summed E-state index contributed by atoms with van der Waals surface area (Å²) in [4.78, 5) is 33.3. The van der Waals surface area contributed by atoms with E-state index in [0.29, 0.717) is 6.54 Å². The second-order valence-electron chi connectivity index (χ2n) is 4.44. The molecule has 3 amide bonds. The maximum absolute atomic E-state index is 11.7. The summed E-state index contributed by atoms with van der Waals surface area (Å²) in [5.41, 5.74) is 0.719. The van der Waals surface area contributed by atoms with Gasteiger partial charge in [0.15, 0.2) is 0 Å². The van der Waals surface area contributed by atoms with Crippen LogP contribution in [0.4, 0.5) is 4.79 Å². The predicted octanol–water partition coefficient (Wildman–Crippen LogP) is 0.638. The monoisotopic (exact) mass is 293 g/mol. The quantitative estimate of drug-likeness (QED) is 0.553. The van der Waals surface area contributed by atoms with E-state index in [4.69, 9.17) is 5.11 Å². The van der Waals surface area contributed by atoms with Gasteiger partial charge in [-0.1, -0.05) is 30.3 Å². The first-order valence-electron chi connectivity index (χ1n) is 6.54. The van der Waals surface area contributed by atoms with Gasteiger partial charge in [-0.05, 0) is 5.56 Å². The number of carbonyl (C=O) groups is 3. The van der Waals surface area contributed by atoms with Crippen LogP contribution in [-0.2, 0) is 9.59 Å². The molecule has 1 unspecified atom stereocenters. The number of benzene rings is 1. The minimum atomic E-state index is -0.998. The molecule has 0 spiro atoms. The summed E-state index contributed by atoms with van der Waals surface area (Å²) in [5.74, 6) is -1.17. The third-order valence-corrected chi connectivity index (χ3v) is 2.67. The molecule has 0 aromatic heterocycles. The van der Waals surface area contributed by atoms with E-state index in [-0.39, 0.29) is 18.9 Å². The van der Waals surface area contributed by atoms with Crippen molar-refractivity contribution < 1.29 is 19.5 Å². The minimum Gasteiger partial charge on any atom is -0.481 e. The van der Waals surface area contributed by atoms with Crippen molar-refractivity contribution in [3.05, 3.63) is 35.9 Å². The number of urea groups is 1. The van der Waals surface area contributed by atoms with Crippen molar-refractivity contribution in [1.29, 1.82) is 0 Å². The lowest BCUT2D eigenvalue weighted by atomic mass is 10.0. The molecule has 0 bridgehead atoms. The molecule has 4 N–H and O–H groups in total. The van der Waals surface area contributed by atoms with Gasteiger partial charge in [-0.25, -0.2) is 4.79 Å². The fourth-order valence-corrected chi connectivity index (χ4v) is 1.74. The van der Waals surface area contributed by atoms with Crippen LogP contribution in [0.3, 0.4) is 0 Å². The SMILES string of the molecule is CC(=O)NCCNC(=O)NC(CC(=O)O)c1ccccc1. The van der Waals surface area contributed by atoms with Crippen LogP contribution in [0.5, 0.6) is 0 Å². The summed E-state index contributed by atoms with van der Waals surface area (Å²) in [6, 6.07) is 7.80. The summed E-state index contributed by atoms with van der Waals surface area (Å²) in [6.45, 7) is 1.97. The van der Waals surface area contributed by atoms with Crippen LogP contribution in [0.15, 0.2) is 30.3 Å². The molecule has 1 atom stereocenters. The van der Waals surface area contributed by atoms with E-state index in [1.165, 1.54) is 6.92 Å². The number of carbonyl (C=O) groups excluding carboxylic acids is 2. The third kappa shape index (κ3) is 6.95. The Morgan fingerprint density at radius 3 is 2.29 bits per heavy atom. The molecule has 7 heteroatoms. The first-order chi connectivity index (χ1) is 9.99. The maximum Gasteiger partial charge on any atom is 0.315 e. The Bertz CT molecular complexity index is 490. The summed E-state index contributed by atoms with van der Waals surface area (Å²) < 4.78 is 0. The minimum absolute atomic E-state index is 0.176. The van der Waals surface area contributed by atoms with Crippen LogP contribution < -0.4 is 16.0 Å². The van der Waals surface area contributed by atoms with E-state index in [2.05, 4.69) is 16.0 Å². The van der Waals surface area contributed by atoms with Crippen molar-refractivity contribution >= 4 is 17.9 Å². The number of hydrogen-bond donors (Lipinski definition) is 4. The second-order valence-corrected chi connectivity index (χ2v) is 4.44. The highest BCUT2D eigenvalue weighted by Crippen LogP contribution is 2.16. The molecular formula is C14H19N3O4. The number of aliphatic carboxylic acids is 1. The van der Waals surface area contributed by atoms with Crippen molar-refractivity contribution in [2.75, 3.05) is 13.1 Å². The fourth-order valence-electron chi connectivity index (χ4n) is 1.74. The van der Waals surface area contributed by atoms with Gasteiger partial charge in [-0.3, -0.25) is 9.59 Å². The van der Waals surface area contributed by atoms with Crippen molar-refractivity contribution in [3.8, 4) is 0 Å². The Balaban J connectivity index is 2.51. The zero-order valence-corrected chi connectivity index (χ0v) is 11.8. The molecule has 1 aromatic rings.